The maximum absolute atomic E-state index is 13.8. The van der Waals surface area contributed by atoms with Crippen LogP contribution >= 0.6 is 22.6 Å². The number of carbonyl (C=O) groups excluding carboxylic acids is 2. The molecule has 10 heteroatoms. The van der Waals surface area contributed by atoms with Gasteiger partial charge in [0, 0.05) is 16.7 Å². The zero-order chi connectivity index (χ0) is 27.7. The highest BCUT2D eigenvalue weighted by molar-refractivity contribution is 14.1. The second kappa shape index (κ2) is 13.6. The zero-order valence-corrected chi connectivity index (χ0v) is 24.6. The molecular formula is C28H32IN3O5S. The molecular weight excluding hydrogens is 617 g/mol. The van der Waals surface area contributed by atoms with Crippen LogP contribution in [-0.2, 0) is 26.2 Å². The molecule has 0 aliphatic carbocycles. The fourth-order valence-corrected chi connectivity index (χ4v) is 5.56. The van der Waals surface area contributed by atoms with Crippen molar-refractivity contribution >= 4 is 50.1 Å². The number of ether oxygens (including phenoxy) is 1. The van der Waals surface area contributed by atoms with Gasteiger partial charge in [-0.1, -0.05) is 37.3 Å². The lowest BCUT2D eigenvalue weighted by Crippen LogP contribution is -2.51. The lowest BCUT2D eigenvalue weighted by Gasteiger charge is -2.32. The van der Waals surface area contributed by atoms with Gasteiger partial charge < -0.3 is 15.0 Å². The second-order valence-corrected chi connectivity index (χ2v) is 11.7. The highest BCUT2D eigenvalue weighted by atomic mass is 127. The van der Waals surface area contributed by atoms with Crippen molar-refractivity contribution in [3.8, 4) is 5.75 Å². The molecule has 0 heterocycles. The normalized spacial score (nSPS) is 11.9. The Kier molecular flexibility index (Phi) is 10.5. The summed E-state index contributed by atoms with van der Waals surface area (Å²) in [5.74, 6) is -0.141. The first-order valence-electron chi connectivity index (χ1n) is 12.2. The van der Waals surface area contributed by atoms with Crippen molar-refractivity contribution < 1.29 is 22.7 Å². The van der Waals surface area contributed by atoms with Gasteiger partial charge in [0.25, 0.3) is 10.0 Å². The number of hydrogen-bond acceptors (Lipinski definition) is 5. The van der Waals surface area contributed by atoms with E-state index < -0.39 is 28.5 Å². The van der Waals surface area contributed by atoms with Crippen LogP contribution in [0.3, 0.4) is 0 Å². The van der Waals surface area contributed by atoms with Crippen LogP contribution in [0.1, 0.15) is 25.8 Å². The van der Waals surface area contributed by atoms with E-state index in [0.29, 0.717) is 18.0 Å². The van der Waals surface area contributed by atoms with Gasteiger partial charge in [0.15, 0.2) is 0 Å². The predicted octanol–water partition coefficient (Wildman–Crippen LogP) is 4.44. The van der Waals surface area contributed by atoms with Gasteiger partial charge in [0.2, 0.25) is 11.8 Å². The summed E-state index contributed by atoms with van der Waals surface area (Å²) in [4.78, 5) is 28.2. The van der Waals surface area contributed by atoms with E-state index in [-0.39, 0.29) is 17.3 Å². The van der Waals surface area contributed by atoms with Crippen molar-refractivity contribution in [2.45, 2.75) is 37.8 Å². The van der Waals surface area contributed by atoms with E-state index in [4.69, 9.17) is 4.74 Å². The van der Waals surface area contributed by atoms with Crippen LogP contribution in [0.25, 0.3) is 0 Å². The molecule has 3 aromatic carbocycles. The van der Waals surface area contributed by atoms with Crippen molar-refractivity contribution in [1.82, 2.24) is 10.2 Å². The monoisotopic (exact) mass is 649 g/mol. The third kappa shape index (κ3) is 7.47. The Hall–Kier alpha value is -3.12. The summed E-state index contributed by atoms with van der Waals surface area (Å²) in [5, 5.41) is 2.83. The molecule has 3 aromatic rings. The van der Waals surface area contributed by atoms with E-state index in [1.165, 1.54) is 17.0 Å². The molecule has 0 radical (unpaired) electrons. The van der Waals surface area contributed by atoms with Crippen LogP contribution < -0.4 is 14.4 Å². The molecule has 0 saturated heterocycles. The molecule has 202 valence electrons. The minimum absolute atomic E-state index is 0.0711. The number of benzene rings is 3. The van der Waals surface area contributed by atoms with Crippen molar-refractivity contribution in [3.63, 3.8) is 0 Å². The van der Waals surface area contributed by atoms with Crippen molar-refractivity contribution in [2.75, 3.05) is 24.5 Å². The van der Waals surface area contributed by atoms with Gasteiger partial charge in [-0.05, 0) is 90.0 Å². The van der Waals surface area contributed by atoms with Gasteiger partial charge in [-0.15, -0.1) is 0 Å². The Labute approximate surface area is 238 Å². The lowest BCUT2D eigenvalue weighted by molar-refractivity contribution is -0.139. The molecule has 0 bridgehead atoms. The molecule has 0 aromatic heterocycles. The first-order chi connectivity index (χ1) is 18.2. The number of amides is 2. The molecule has 38 heavy (non-hydrogen) atoms. The molecule has 0 saturated carbocycles. The van der Waals surface area contributed by atoms with Crippen LogP contribution in [0.5, 0.6) is 5.75 Å². The van der Waals surface area contributed by atoms with Gasteiger partial charge in [-0.25, -0.2) is 8.42 Å². The Morgan fingerprint density at radius 1 is 0.974 bits per heavy atom. The molecule has 2 amide bonds. The number of nitrogens with zero attached hydrogens (tertiary/aromatic N) is 2. The fraction of sp³-hybridized carbons (Fsp3) is 0.286. The van der Waals surface area contributed by atoms with Gasteiger partial charge in [-0.2, -0.15) is 0 Å². The van der Waals surface area contributed by atoms with Gasteiger partial charge in [-0.3, -0.25) is 13.9 Å². The van der Waals surface area contributed by atoms with Crippen molar-refractivity contribution in [3.05, 3.63) is 88.0 Å². The SMILES string of the molecule is CCCNC(=O)[C@@H](C)N(Cc1ccc(OC)cc1)C(=O)CN(c1ccc(I)cc1)S(=O)(=O)c1ccccc1. The molecule has 0 aliphatic rings. The van der Waals surface area contributed by atoms with Crippen molar-refractivity contribution in [2.24, 2.45) is 0 Å². The van der Waals surface area contributed by atoms with Crippen LogP contribution in [0.2, 0.25) is 0 Å². The third-order valence-electron chi connectivity index (χ3n) is 5.95. The number of nitrogens with one attached hydrogen (secondary N) is 1. The first-order valence-corrected chi connectivity index (χ1v) is 14.7. The number of methoxy groups -OCH3 is 1. The Morgan fingerprint density at radius 3 is 2.18 bits per heavy atom. The molecule has 0 aliphatic heterocycles. The molecule has 8 nitrogen and oxygen atoms in total. The van der Waals surface area contributed by atoms with E-state index in [2.05, 4.69) is 27.9 Å². The predicted molar refractivity (Wildman–Crippen MR) is 156 cm³/mol. The molecule has 3 rings (SSSR count). The molecule has 1 N–H and O–H groups in total. The Balaban J connectivity index is 1.99. The summed E-state index contributed by atoms with van der Waals surface area (Å²) in [6.45, 7) is 3.71. The summed E-state index contributed by atoms with van der Waals surface area (Å²) < 4.78 is 34.7. The van der Waals surface area contributed by atoms with Crippen LogP contribution in [0.4, 0.5) is 5.69 Å². The van der Waals surface area contributed by atoms with Crippen molar-refractivity contribution in [1.29, 1.82) is 0 Å². The molecule has 0 unspecified atom stereocenters. The first kappa shape index (κ1) is 29.4. The number of halogens is 1. The summed E-state index contributed by atoms with van der Waals surface area (Å²) in [6.07, 6.45) is 0.751. The summed E-state index contributed by atoms with van der Waals surface area (Å²) in [6, 6.07) is 21.2. The molecule has 0 spiro atoms. The van der Waals surface area contributed by atoms with Gasteiger partial charge in [0.05, 0.1) is 17.7 Å². The number of anilines is 1. The molecule has 0 fully saturated rings. The minimum Gasteiger partial charge on any atom is -0.497 e. The lowest BCUT2D eigenvalue weighted by atomic mass is 10.1. The second-order valence-electron chi connectivity index (χ2n) is 8.64. The zero-order valence-electron chi connectivity index (χ0n) is 21.6. The van der Waals surface area contributed by atoms with E-state index in [9.17, 15) is 18.0 Å². The highest BCUT2D eigenvalue weighted by Gasteiger charge is 2.32. The molecule has 1 atom stereocenters. The summed E-state index contributed by atoms with van der Waals surface area (Å²) >= 11 is 2.14. The van der Waals surface area contributed by atoms with Crippen LogP contribution in [0, 0.1) is 3.57 Å². The average molecular weight is 650 g/mol. The average Bonchev–Trinajstić information content (AvgIpc) is 2.94. The number of hydrogen-bond donors (Lipinski definition) is 1. The number of rotatable bonds is 12. The third-order valence-corrected chi connectivity index (χ3v) is 8.46. The standard InChI is InChI=1S/C28H32IN3O5S/c1-4-18-30-28(34)21(2)31(19-22-10-16-25(37-3)17-11-22)27(33)20-32(24-14-12-23(29)13-15-24)38(35,36)26-8-6-5-7-9-26/h5-17,21H,4,18-20H2,1-3H3,(H,30,34)/t21-/m1/s1. The Bertz CT molecular complexity index is 1320. The number of carbonyl (C=O) groups is 2. The smallest absolute Gasteiger partial charge is 0.264 e. The minimum atomic E-state index is -4.07. The fourth-order valence-electron chi connectivity index (χ4n) is 3.76. The van der Waals surface area contributed by atoms with Crippen LogP contribution in [0.15, 0.2) is 83.8 Å². The largest absolute Gasteiger partial charge is 0.497 e. The Morgan fingerprint density at radius 2 is 1.61 bits per heavy atom. The summed E-state index contributed by atoms with van der Waals surface area (Å²) in [5.41, 5.74) is 1.14. The van der Waals surface area contributed by atoms with Crippen LogP contribution in [-0.4, -0.2) is 51.4 Å². The van der Waals surface area contributed by atoms with E-state index >= 15 is 0 Å². The van der Waals surface area contributed by atoms with Gasteiger partial charge in [0.1, 0.15) is 18.3 Å². The topological polar surface area (TPSA) is 96.0 Å². The van der Waals surface area contributed by atoms with E-state index in [0.717, 1.165) is 19.9 Å². The summed E-state index contributed by atoms with van der Waals surface area (Å²) in [7, 11) is -2.50. The number of sulfonamides is 1. The maximum Gasteiger partial charge on any atom is 0.264 e. The van der Waals surface area contributed by atoms with E-state index in [1.807, 2.05) is 19.1 Å². The quantitative estimate of drug-likeness (QED) is 0.293. The highest BCUT2D eigenvalue weighted by Crippen LogP contribution is 2.25. The maximum atomic E-state index is 13.8. The van der Waals surface area contributed by atoms with Gasteiger partial charge >= 0.3 is 0 Å². The van der Waals surface area contributed by atoms with E-state index in [1.54, 1.807) is 68.6 Å².